The van der Waals surface area contributed by atoms with Gasteiger partial charge in [0.2, 0.25) is 5.88 Å². The SMILES string of the molecule is CN=C(NCc1cccc(OC)n1)N1CCSC(C)(C)C1.I. The summed E-state index contributed by atoms with van der Waals surface area (Å²) in [6, 6.07) is 5.79. The Hall–Kier alpha value is -0.700. The summed E-state index contributed by atoms with van der Waals surface area (Å²) in [4.78, 5) is 11.1. The van der Waals surface area contributed by atoms with Gasteiger partial charge in [0.25, 0.3) is 0 Å². The van der Waals surface area contributed by atoms with Gasteiger partial charge in [0, 0.05) is 36.7 Å². The Morgan fingerprint density at radius 2 is 2.27 bits per heavy atom. The van der Waals surface area contributed by atoms with Crippen molar-refractivity contribution < 1.29 is 4.74 Å². The van der Waals surface area contributed by atoms with Crippen LogP contribution in [0.1, 0.15) is 19.5 Å². The number of guanidine groups is 1. The predicted molar refractivity (Wildman–Crippen MR) is 105 cm³/mol. The normalized spacial score (nSPS) is 17.6. The number of rotatable bonds is 3. The molecule has 0 aliphatic carbocycles. The number of methoxy groups -OCH3 is 1. The number of aromatic nitrogens is 1. The lowest BCUT2D eigenvalue weighted by atomic mass is 10.2. The molecular weight excluding hydrogens is 411 g/mol. The number of halogens is 1. The van der Waals surface area contributed by atoms with Crippen molar-refractivity contribution in [1.29, 1.82) is 0 Å². The van der Waals surface area contributed by atoms with Crippen LogP contribution in [0.5, 0.6) is 5.88 Å². The van der Waals surface area contributed by atoms with Gasteiger partial charge in [-0.2, -0.15) is 11.8 Å². The van der Waals surface area contributed by atoms with Crippen LogP contribution in [0.3, 0.4) is 0 Å². The molecule has 2 rings (SSSR count). The number of nitrogens with one attached hydrogen (secondary N) is 1. The van der Waals surface area contributed by atoms with Crippen LogP contribution in [-0.4, -0.2) is 53.6 Å². The number of hydrogen-bond donors (Lipinski definition) is 1. The van der Waals surface area contributed by atoms with Gasteiger partial charge in [0.1, 0.15) is 0 Å². The van der Waals surface area contributed by atoms with Crippen molar-refractivity contribution in [1.82, 2.24) is 15.2 Å². The van der Waals surface area contributed by atoms with E-state index in [1.165, 1.54) is 0 Å². The highest BCUT2D eigenvalue weighted by Gasteiger charge is 2.28. The van der Waals surface area contributed by atoms with Crippen molar-refractivity contribution in [2.45, 2.75) is 25.1 Å². The molecule has 0 aromatic carbocycles. The average molecular weight is 436 g/mol. The van der Waals surface area contributed by atoms with Crippen molar-refractivity contribution in [3.05, 3.63) is 23.9 Å². The fraction of sp³-hybridized carbons (Fsp3) is 0.600. The third kappa shape index (κ3) is 5.49. The van der Waals surface area contributed by atoms with Crippen LogP contribution < -0.4 is 10.1 Å². The standard InChI is InChI=1S/C15H24N4OS.HI/c1-15(2)11-19(8-9-21-15)14(16-3)17-10-12-6-5-7-13(18-12)20-4;/h5-7H,8-11H2,1-4H3,(H,16,17);1H. The molecule has 0 spiro atoms. The van der Waals surface area contributed by atoms with Gasteiger partial charge < -0.3 is 15.0 Å². The monoisotopic (exact) mass is 436 g/mol. The maximum absolute atomic E-state index is 5.15. The van der Waals surface area contributed by atoms with E-state index >= 15 is 0 Å². The van der Waals surface area contributed by atoms with Gasteiger partial charge >= 0.3 is 0 Å². The zero-order valence-corrected chi connectivity index (χ0v) is 16.8. The van der Waals surface area contributed by atoms with Crippen LogP contribution in [0.15, 0.2) is 23.2 Å². The summed E-state index contributed by atoms with van der Waals surface area (Å²) in [6.45, 7) is 7.23. The van der Waals surface area contributed by atoms with Crippen molar-refractivity contribution in [2.75, 3.05) is 33.0 Å². The Bertz CT molecular complexity index is 510. The molecule has 1 aliphatic rings. The molecule has 0 saturated carbocycles. The number of pyridine rings is 1. The second-order valence-corrected chi connectivity index (χ2v) is 7.40. The van der Waals surface area contributed by atoms with Gasteiger partial charge in [0.05, 0.1) is 19.3 Å². The lowest BCUT2D eigenvalue weighted by Gasteiger charge is -2.39. The first-order valence-corrected chi connectivity index (χ1v) is 8.12. The summed E-state index contributed by atoms with van der Waals surface area (Å²) in [5.74, 6) is 2.71. The highest BCUT2D eigenvalue weighted by molar-refractivity contribution is 14.0. The molecule has 0 amide bonds. The van der Waals surface area contributed by atoms with Gasteiger partial charge in [0.15, 0.2) is 5.96 Å². The molecule has 1 fully saturated rings. The summed E-state index contributed by atoms with van der Waals surface area (Å²) in [5, 5.41) is 3.39. The van der Waals surface area contributed by atoms with E-state index in [0.717, 1.165) is 30.5 Å². The van der Waals surface area contributed by atoms with Crippen molar-refractivity contribution in [3.63, 3.8) is 0 Å². The molecule has 1 aliphatic heterocycles. The fourth-order valence-corrected chi connectivity index (χ4v) is 3.48. The molecule has 7 heteroatoms. The lowest BCUT2D eigenvalue weighted by Crippen LogP contribution is -2.50. The topological polar surface area (TPSA) is 49.8 Å². The molecule has 22 heavy (non-hydrogen) atoms. The highest BCUT2D eigenvalue weighted by Crippen LogP contribution is 2.29. The average Bonchev–Trinajstić information content (AvgIpc) is 2.47. The Balaban J connectivity index is 0.00000242. The molecule has 5 nitrogen and oxygen atoms in total. The molecule has 2 heterocycles. The Kier molecular flexibility index (Phi) is 7.75. The summed E-state index contributed by atoms with van der Waals surface area (Å²) >= 11 is 2.02. The Morgan fingerprint density at radius 1 is 1.50 bits per heavy atom. The van der Waals surface area contributed by atoms with E-state index in [2.05, 4.69) is 34.0 Å². The van der Waals surface area contributed by atoms with E-state index in [1.807, 2.05) is 37.0 Å². The van der Waals surface area contributed by atoms with Gasteiger partial charge in [-0.25, -0.2) is 4.98 Å². The van der Waals surface area contributed by atoms with E-state index < -0.39 is 0 Å². The molecule has 1 saturated heterocycles. The van der Waals surface area contributed by atoms with Gasteiger partial charge in [-0.05, 0) is 19.9 Å². The van der Waals surface area contributed by atoms with E-state index in [-0.39, 0.29) is 28.7 Å². The summed E-state index contributed by atoms with van der Waals surface area (Å²) in [5.41, 5.74) is 0.946. The summed E-state index contributed by atoms with van der Waals surface area (Å²) in [6.07, 6.45) is 0. The minimum absolute atomic E-state index is 0. The van der Waals surface area contributed by atoms with Gasteiger partial charge in [-0.3, -0.25) is 4.99 Å². The zero-order valence-electron chi connectivity index (χ0n) is 13.6. The van der Waals surface area contributed by atoms with Crippen molar-refractivity contribution >= 4 is 41.7 Å². The quantitative estimate of drug-likeness (QED) is 0.449. The van der Waals surface area contributed by atoms with Crippen LogP contribution >= 0.6 is 35.7 Å². The Morgan fingerprint density at radius 3 is 2.91 bits per heavy atom. The van der Waals surface area contributed by atoms with Crippen LogP contribution in [-0.2, 0) is 6.54 Å². The Labute approximate surface area is 154 Å². The first-order valence-electron chi connectivity index (χ1n) is 7.13. The maximum atomic E-state index is 5.15. The zero-order chi connectivity index (χ0) is 15.3. The molecule has 0 bridgehead atoms. The largest absolute Gasteiger partial charge is 0.481 e. The molecule has 1 aromatic heterocycles. The van der Waals surface area contributed by atoms with E-state index in [1.54, 1.807) is 7.11 Å². The predicted octanol–water partition coefficient (Wildman–Crippen LogP) is 2.61. The first-order chi connectivity index (χ1) is 10.0. The minimum atomic E-state index is 0. The van der Waals surface area contributed by atoms with Gasteiger partial charge in [-0.15, -0.1) is 24.0 Å². The number of thioether (sulfide) groups is 1. The molecular formula is C15H25IN4OS. The van der Waals surface area contributed by atoms with Crippen molar-refractivity contribution in [3.8, 4) is 5.88 Å². The minimum Gasteiger partial charge on any atom is -0.481 e. The van der Waals surface area contributed by atoms with Gasteiger partial charge in [-0.1, -0.05) is 6.07 Å². The third-order valence-corrected chi connectivity index (χ3v) is 4.65. The van der Waals surface area contributed by atoms with Crippen LogP contribution in [0, 0.1) is 0 Å². The second kappa shape index (κ2) is 8.81. The molecule has 0 atom stereocenters. The number of nitrogens with zero attached hydrogens (tertiary/aromatic N) is 3. The second-order valence-electron chi connectivity index (χ2n) is 5.60. The molecule has 0 radical (unpaired) electrons. The number of aliphatic imine (C=N–C) groups is 1. The van der Waals surface area contributed by atoms with E-state index in [9.17, 15) is 0 Å². The number of ether oxygens (including phenoxy) is 1. The molecule has 1 N–H and O–H groups in total. The van der Waals surface area contributed by atoms with E-state index in [0.29, 0.717) is 12.4 Å². The molecule has 124 valence electrons. The summed E-state index contributed by atoms with van der Waals surface area (Å²) in [7, 11) is 3.46. The lowest BCUT2D eigenvalue weighted by molar-refractivity contribution is 0.375. The van der Waals surface area contributed by atoms with E-state index in [4.69, 9.17) is 4.74 Å². The maximum Gasteiger partial charge on any atom is 0.213 e. The van der Waals surface area contributed by atoms with Crippen LogP contribution in [0.2, 0.25) is 0 Å². The van der Waals surface area contributed by atoms with Crippen molar-refractivity contribution in [2.24, 2.45) is 4.99 Å². The number of hydrogen-bond acceptors (Lipinski definition) is 4. The van der Waals surface area contributed by atoms with Crippen LogP contribution in [0.4, 0.5) is 0 Å². The first kappa shape index (κ1) is 19.3. The van der Waals surface area contributed by atoms with Crippen LogP contribution in [0.25, 0.3) is 0 Å². The fourth-order valence-electron chi connectivity index (χ4n) is 2.37. The molecule has 0 unspecified atom stereocenters. The smallest absolute Gasteiger partial charge is 0.213 e. The summed E-state index contributed by atoms with van der Waals surface area (Å²) < 4.78 is 5.42. The third-order valence-electron chi connectivity index (χ3n) is 3.35. The molecule has 1 aromatic rings. The highest BCUT2D eigenvalue weighted by atomic mass is 127.